The van der Waals surface area contributed by atoms with Crippen LogP contribution in [-0.2, 0) is 9.59 Å². The lowest BCUT2D eigenvalue weighted by Gasteiger charge is -2.20. The van der Waals surface area contributed by atoms with Crippen LogP contribution in [0.2, 0.25) is 0 Å². The number of amidine groups is 1. The van der Waals surface area contributed by atoms with Gasteiger partial charge in [0.2, 0.25) is 5.91 Å². The van der Waals surface area contributed by atoms with Gasteiger partial charge in [-0.3, -0.25) is 9.59 Å². The number of nitrogens with zero attached hydrogens (tertiary/aromatic N) is 1. The molecule has 1 amide bonds. The van der Waals surface area contributed by atoms with E-state index in [4.69, 9.17) is 0 Å². The molecule has 17 heavy (non-hydrogen) atoms. The van der Waals surface area contributed by atoms with Crippen molar-refractivity contribution in [3.05, 3.63) is 11.3 Å². The Labute approximate surface area is 101 Å². The molecule has 1 N–H and O–H groups in total. The minimum atomic E-state index is -0.363. The van der Waals surface area contributed by atoms with Crippen molar-refractivity contribution >= 4 is 17.5 Å². The Morgan fingerprint density at radius 3 is 2.71 bits per heavy atom. The second-order valence-corrected chi connectivity index (χ2v) is 4.78. The summed E-state index contributed by atoms with van der Waals surface area (Å²) in [5, 5.41) is 2.70. The third-order valence-corrected chi connectivity index (χ3v) is 3.54. The fourth-order valence-corrected chi connectivity index (χ4v) is 2.43. The summed E-state index contributed by atoms with van der Waals surface area (Å²) in [6, 6.07) is 0. The molecule has 0 aromatic heterocycles. The van der Waals surface area contributed by atoms with Gasteiger partial charge in [0.05, 0.1) is 11.8 Å². The van der Waals surface area contributed by atoms with Crippen LogP contribution in [-0.4, -0.2) is 17.5 Å². The molecule has 1 saturated heterocycles. The molecule has 2 aliphatic rings. The van der Waals surface area contributed by atoms with Gasteiger partial charge in [-0.05, 0) is 19.8 Å². The number of nitrogens with one attached hydrogen (secondary N) is 1. The Kier molecular flexibility index (Phi) is 3.13. The van der Waals surface area contributed by atoms with Gasteiger partial charge >= 0.3 is 0 Å². The van der Waals surface area contributed by atoms with Crippen molar-refractivity contribution in [1.29, 1.82) is 0 Å². The first-order valence-corrected chi connectivity index (χ1v) is 6.19. The Bertz CT molecular complexity index is 435. The quantitative estimate of drug-likeness (QED) is 0.809. The van der Waals surface area contributed by atoms with Gasteiger partial charge in [-0.15, -0.1) is 0 Å². The van der Waals surface area contributed by atoms with Gasteiger partial charge in [0, 0.05) is 11.3 Å². The van der Waals surface area contributed by atoms with Gasteiger partial charge in [-0.25, -0.2) is 4.99 Å². The maximum atomic E-state index is 12.3. The van der Waals surface area contributed by atoms with E-state index < -0.39 is 0 Å². The van der Waals surface area contributed by atoms with Crippen molar-refractivity contribution in [3.63, 3.8) is 0 Å². The van der Waals surface area contributed by atoms with E-state index in [0.29, 0.717) is 5.84 Å². The standard InChI is InChI=1S/C13H18N2O2/c1-4-5-6-9-8(3)14-12-10(11(9)16)7(2)13(17)15-12/h7,10H,4-6H2,1-3H3,(H,14,15,17)/t7-,10-/m0/s1. The van der Waals surface area contributed by atoms with Gasteiger partial charge in [-0.2, -0.15) is 0 Å². The molecule has 1 fully saturated rings. The lowest BCUT2D eigenvalue weighted by atomic mass is 9.84. The van der Waals surface area contributed by atoms with Crippen LogP contribution in [0, 0.1) is 11.8 Å². The van der Waals surface area contributed by atoms with E-state index in [1.165, 1.54) is 0 Å². The number of carbonyl (C=O) groups excluding carboxylic acids is 2. The normalized spacial score (nSPS) is 28.1. The predicted octanol–water partition coefficient (Wildman–Crippen LogP) is 1.81. The Morgan fingerprint density at radius 1 is 1.35 bits per heavy atom. The molecular weight excluding hydrogens is 216 g/mol. The average Bonchev–Trinajstić information content (AvgIpc) is 2.54. The first-order chi connectivity index (χ1) is 8.06. The summed E-state index contributed by atoms with van der Waals surface area (Å²) in [5.41, 5.74) is 1.58. The fraction of sp³-hybridized carbons (Fsp3) is 0.615. The van der Waals surface area contributed by atoms with E-state index in [-0.39, 0.29) is 23.5 Å². The maximum Gasteiger partial charge on any atom is 0.229 e. The van der Waals surface area contributed by atoms with Gasteiger partial charge in [0.1, 0.15) is 5.84 Å². The van der Waals surface area contributed by atoms with Crippen LogP contribution in [0.3, 0.4) is 0 Å². The largest absolute Gasteiger partial charge is 0.313 e. The van der Waals surface area contributed by atoms with Crippen LogP contribution in [0.25, 0.3) is 0 Å². The summed E-state index contributed by atoms with van der Waals surface area (Å²) in [6.45, 7) is 5.74. The Morgan fingerprint density at radius 2 is 2.06 bits per heavy atom. The lowest BCUT2D eigenvalue weighted by Crippen LogP contribution is -2.32. The van der Waals surface area contributed by atoms with Crippen LogP contribution in [0.1, 0.15) is 40.0 Å². The zero-order valence-electron chi connectivity index (χ0n) is 10.5. The average molecular weight is 234 g/mol. The number of rotatable bonds is 3. The van der Waals surface area contributed by atoms with Crippen LogP contribution >= 0.6 is 0 Å². The van der Waals surface area contributed by atoms with E-state index >= 15 is 0 Å². The van der Waals surface area contributed by atoms with E-state index in [2.05, 4.69) is 17.2 Å². The number of Topliss-reactive ketones (excluding diaryl/α,β-unsaturated/α-hetero) is 1. The van der Waals surface area contributed by atoms with Crippen molar-refractivity contribution in [2.75, 3.05) is 0 Å². The van der Waals surface area contributed by atoms with E-state index in [1.807, 2.05) is 6.92 Å². The predicted molar refractivity (Wildman–Crippen MR) is 65.5 cm³/mol. The van der Waals surface area contributed by atoms with Crippen molar-refractivity contribution in [2.24, 2.45) is 16.8 Å². The highest BCUT2D eigenvalue weighted by Gasteiger charge is 2.44. The second kappa shape index (κ2) is 4.43. The Hall–Kier alpha value is -1.45. The smallest absolute Gasteiger partial charge is 0.229 e. The summed E-state index contributed by atoms with van der Waals surface area (Å²) in [4.78, 5) is 28.3. The van der Waals surface area contributed by atoms with Crippen molar-refractivity contribution in [1.82, 2.24) is 5.32 Å². The summed E-state index contributed by atoms with van der Waals surface area (Å²) >= 11 is 0. The molecule has 0 aromatic carbocycles. The first kappa shape index (κ1) is 12.0. The monoisotopic (exact) mass is 234 g/mol. The minimum Gasteiger partial charge on any atom is -0.313 e. The fourth-order valence-electron chi connectivity index (χ4n) is 2.43. The first-order valence-electron chi connectivity index (χ1n) is 6.19. The highest BCUT2D eigenvalue weighted by Crippen LogP contribution is 2.31. The number of fused-ring (bicyclic) bond motifs is 1. The van der Waals surface area contributed by atoms with E-state index in [0.717, 1.165) is 30.5 Å². The molecule has 2 heterocycles. The molecular formula is C13H18N2O2. The van der Waals surface area contributed by atoms with Gasteiger partial charge in [0.25, 0.3) is 0 Å². The molecule has 4 heteroatoms. The van der Waals surface area contributed by atoms with E-state index in [1.54, 1.807) is 6.92 Å². The number of unbranched alkanes of at least 4 members (excludes halogenated alkanes) is 1. The molecule has 0 saturated carbocycles. The minimum absolute atomic E-state index is 0.0896. The van der Waals surface area contributed by atoms with Gasteiger partial charge < -0.3 is 5.32 Å². The van der Waals surface area contributed by atoms with E-state index in [9.17, 15) is 9.59 Å². The van der Waals surface area contributed by atoms with Gasteiger partial charge in [-0.1, -0.05) is 20.3 Å². The number of allylic oxidation sites excluding steroid dienone is 2. The number of hydrogen-bond donors (Lipinski definition) is 1. The van der Waals surface area contributed by atoms with Crippen LogP contribution < -0.4 is 5.32 Å². The number of ketones is 1. The molecule has 0 aliphatic carbocycles. The molecule has 0 unspecified atom stereocenters. The summed E-state index contributed by atoms with van der Waals surface area (Å²) < 4.78 is 0. The van der Waals surface area contributed by atoms with Crippen molar-refractivity contribution in [3.8, 4) is 0 Å². The molecule has 92 valence electrons. The number of aliphatic imine (C=N–C) groups is 1. The van der Waals surface area contributed by atoms with Gasteiger partial charge in [0.15, 0.2) is 5.78 Å². The zero-order chi connectivity index (χ0) is 12.6. The second-order valence-electron chi connectivity index (χ2n) is 4.78. The topological polar surface area (TPSA) is 58.5 Å². The van der Waals surface area contributed by atoms with Crippen LogP contribution in [0.4, 0.5) is 0 Å². The number of carbonyl (C=O) groups is 2. The molecule has 2 atom stereocenters. The SMILES string of the molecule is CCCCC1=C(C)N=C2NC(=O)[C@@H](C)[C@H]2C1=O. The summed E-state index contributed by atoms with van der Waals surface area (Å²) in [7, 11) is 0. The summed E-state index contributed by atoms with van der Waals surface area (Å²) in [5.74, 6) is -0.104. The lowest BCUT2D eigenvalue weighted by molar-refractivity contribution is -0.126. The molecule has 0 aromatic rings. The highest BCUT2D eigenvalue weighted by atomic mass is 16.2. The molecule has 0 spiro atoms. The Balaban J connectivity index is 2.30. The maximum absolute atomic E-state index is 12.3. The molecule has 0 radical (unpaired) electrons. The van der Waals surface area contributed by atoms with Crippen molar-refractivity contribution in [2.45, 2.75) is 40.0 Å². The molecule has 0 bridgehead atoms. The molecule has 4 nitrogen and oxygen atoms in total. The third kappa shape index (κ3) is 1.92. The van der Waals surface area contributed by atoms with Crippen LogP contribution in [0.15, 0.2) is 16.3 Å². The number of amides is 1. The number of hydrogen-bond acceptors (Lipinski definition) is 3. The zero-order valence-corrected chi connectivity index (χ0v) is 10.5. The third-order valence-electron chi connectivity index (χ3n) is 3.54. The molecule has 2 rings (SSSR count). The van der Waals surface area contributed by atoms with Crippen LogP contribution in [0.5, 0.6) is 0 Å². The van der Waals surface area contributed by atoms with Crippen molar-refractivity contribution < 1.29 is 9.59 Å². The highest BCUT2D eigenvalue weighted by molar-refractivity contribution is 6.22. The summed E-state index contributed by atoms with van der Waals surface area (Å²) in [6.07, 6.45) is 2.82. The molecule has 2 aliphatic heterocycles.